The predicted molar refractivity (Wildman–Crippen MR) is 105 cm³/mol. The van der Waals surface area contributed by atoms with Crippen molar-refractivity contribution in [2.75, 3.05) is 14.2 Å². The highest BCUT2D eigenvalue weighted by Crippen LogP contribution is 2.27. The van der Waals surface area contributed by atoms with Gasteiger partial charge in [0.15, 0.2) is 0 Å². The third kappa shape index (κ3) is 4.86. The molecule has 28 heavy (non-hydrogen) atoms. The summed E-state index contributed by atoms with van der Waals surface area (Å²) in [7, 11) is 2.97. The highest BCUT2D eigenvalue weighted by atomic mass is 16.7. The number of aromatic nitrogens is 1. The number of rotatable bonds is 7. The molecule has 6 heteroatoms. The fraction of sp³-hybridized carbons (Fsp3) is 0.182. The number of aryl methyl sites for hydroxylation is 1. The van der Waals surface area contributed by atoms with Crippen LogP contribution >= 0.6 is 0 Å². The molecular formula is C22H22N2O4. The molecule has 0 aliphatic carbocycles. The summed E-state index contributed by atoms with van der Waals surface area (Å²) in [5.41, 5.74) is 2.45. The van der Waals surface area contributed by atoms with E-state index < -0.39 is 0 Å². The van der Waals surface area contributed by atoms with E-state index in [0.717, 1.165) is 21.9 Å². The average Bonchev–Trinajstić information content (AvgIpc) is 2.74. The molecule has 0 saturated carbocycles. The lowest BCUT2D eigenvalue weighted by Gasteiger charge is -2.14. The van der Waals surface area contributed by atoms with Crippen LogP contribution in [0, 0.1) is 6.92 Å². The average molecular weight is 378 g/mol. The Balaban J connectivity index is 1.63. The molecule has 1 amide bonds. The summed E-state index contributed by atoms with van der Waals surface area (Å²) >= 11 is 0. The zero-order valence-electron chi connectivity index (χ0n) is 16.1. The molecule has 0 atom stereocenters. The number of ether oxygens (including phenoxy) is 2. The quantitative estimate of drug-likeness (QED) is 0.571. The number of pyridine rings is 1. The third-order valence-electron chi connectivity index (χ3n) is 4.15. The first-order valence-electron chi connectivity index (χ1n) is 8.80. The maximum Gasteiger partial charge on any atom is 0.278 e. The minimum Gasteiger partial charge on any atom is -0.489 e. The maximum atomic E-state index is 12.0. The van der Waals surface area contributed by atoms with Crippen LogP contribution in [0.15, 0.2) is 66.9 Å². The Morgan fingerprint density at radius 2 is 1.86 bits per heavy atom. The van der Waals surface area contributed by atoms with E-state index in [1.165, 1.54) is 20.4 Å². The van der Waals surface area contributed by atoms with Gasteiger partial charge < -0.3 is 9.47 Å². The Bertz CT molecular complexity index is 927. The van der Waals surface area contributed by atoms with E-state index in [-0.39, 0.29) is 5.91 Å². The van der Waals surface area contributed by atoms with Gasteiger partial charge in [0.25, 0.3) is 5.91 Å². The first kappa shape index (κ1) is 19.4. The molecule has 0 spiro atoms. The van der Waals surface area contributed by atoms with Crippen molar-refractivity contribution in [2.45, 2.75) is 13.5 Å². The van der Waals surface area contributed by atoms with E-state index in [0.29, 0.717) is 23.8 Å². The van der Waals surface area contributed by atoms with E-state index in [4.69, 9.17) is 14.3 Å². The van der Waals surface area contributed by atoms with Gasteiger partial charge in [-0.15, -0.1) is 0 Å². The van der Waals surface area contributed by atoms with E-state index in [1.807, 2.05) is 55.5 Å². The van der Waals surface area contributed by atoms with Gasteiger partial charge in [-0.25, -0.2) is 10.0 Å². The molecule has 0 aliphatic rings. The lowest BCUT2D eigenvalue weighted by atomic mass is 10.2. The largest absolute Gasteiger partial charge is 0.489 e. The summed E-state index contributed by atoms with van der Waals surface area (Å²) in [6.07, 6.45) is 1.46. The van der Waals surface area contributed by atoms with Crippen molar-refractivity contribution in [3.8, 4) is 17.4 Å². The number of nitrogens with zero attached hydrogens (tertiary/aromatic N) is 2. The minimum absolute atomic E-state index is 0.280. The summed E-state index contributed by atoms with van der Waals surface area (Å²) in [5, 5.41) is 1.13. The van der Waals surface area contributed by atoms with Gasteiger partial charge in [-0.2, -0.15) is 0 Å². The minimum atomic E-state index is -0.280. The fourth-order valence-electron chi connectivity index (χ4n) is 2.51. The van der Waals surface area contributed by atoms with Crippen molar-refractivity contribution in [1.29, 1.82) is 0 Å². The molecule has 0 aliphatic heterocycles. The van der Waals surface area contributed by atoms with Crippen LogP contribution in [0.3, 0.4) is 0 Å². The Morgan fingerprint density at radius 1 is 1.07 bits per heavy atom. The van der Waals surface area contributed by atoms with Crippen LogP contribution in [-0.4, -0.2) is 30.1 Å². The third-order valence-corrected chi connectivity index (χ3v) is 4.15. The first-order chi connectivity index (χ1) is 13.6. The standard InChI is InChI=1S/C22H22N2O4/c1-16-13-19(27-15-17-7-5-4-6-8-17)10-11-20(16)28-21-12-9-18(14-23-21)22(25)24(2)26-3/h4-14H,15H2,1-3H3. The Morgan fingerprint density at radius 3 is 2.50 bits per heavy atom. The molecule has 2 aromatic carbocycles. The van der Waals surface area contributed by atoms with Crippen molar-refractivity contribution in [3.05, 3.63) is 83.6 Å². The molecule has 3 rings (SSSR count). The molecular weight excluding hydrogens is 356 g/mol. The lowest BCUT2D eigenvalue weighted by molar-refractivity contribution is -0.0757. The van der Waals surface area contributed by atoms with Gasteiger partial charge in [0.05, 0.1) is 12.7 Å². The zero-order chi connectivity index (χ0) is 19.9. The molecule has 6 nitrogen and oxygen atoms in total. The van der Waals surface area contributed by atoms with Crippen molar-refractivity contribution < 1.29 is 19.1 Å². The van der Waals surface area contributed by atoms with Crippen LogP contribution < -0.4 is 9.47 Å². The van der Waals surface area contributed by atoms with Crippen molar-refractivity contribution >= 4 is 5.91 Å². The molecule has 144 valence electrons. The van der Waals surface area contributed by atoms with Crippen LogP contribution in [-0.2, 0) is 11.4 Å². The lowest BCUT2D eigenvalue weighted by Crippen LogP contribution is -2.25. The van der Waals surface area contributed by atoms with Crippen molar-refractivity contribution in [2.24, 2.45) is 0 Å². The Hall–Kier alpha value is -3.38. The number of benzene rings is 2. The predicted octanol–water partition coefficient (Wildman–Crippen LogP) is 4.39. The van der Waals surface area contributed by atoms with Gasteiger partial charge in [-0.1, -0.05) is 30.3 Å². The van der Waals surface area contributed by atoms with E-state index in [9.17, 15) is 4.79 Å². The Kier molecular flexibility index (Phi) is 6.24. The van der Waals surface area contributed by atoms with Crippen molar-refractivity contribution in [3.63, 3.8) is 0 Å². The molecule has 3 aromatic rings. The van der Waals surface area contributed by atoms with Gasteiger partial charge >= 0.3 is 0 Å². The second-order valence-corrected chi connectivity index (χ2v) is 6.17. The molecule has 1 heterocycles. The van der Waals surface area contributed by atoms with Crippen LogP contribution in [0.2, 0.25) is 0 Å². The normalized spacial score (nSPS) is 10.4. The number of carbonyl (C=O) groups is 1. The number of hydroxylamine groups is 2. The molecule has 1 aromatic heterocycles. The zero-order valence-corrected chi connectivity index (χ0v) is 16.1. The Labute approximate surface area is 164 Å². The van der Waals surface area contributed by atoms with Crippen molar-refractivity contribution in [1.82, 2.24) is 10.0 Å². The van der Waals surface area contributed by atoms with E-state index >= 15 is 0 Å². The second-order valence-electron chi connectivity index (χ2n) is 6.17. The molecule has 0 fully saturated rings. The maximum absolute atomic E-state index is 12.0. The van der Waals surface area contributed by atoms with Crippen LogP contribution in [0.25, 0.3) is 0 Å². The van der Waals surface area contributed by atoms with Crippen LogP contribution in [0.5, 0.6) is 17.4 Å². The van der Waals surface area contributed by atoms with Crippen LogP contribution in [0.1, 0.15) is 21.5 Å². The van der Waals surface area contributed by atoms with Gasteiger partial charge in [0, 0.05) is 19.3 Å². The molecule has 0 unspecified atom stereocenters. The second kappa shape index (κ2) is 9.01. The summed E-state index contributed by atoms with van der Waals surface area (Å²) < 4.78 is 11.7. The highest BCUT2D eigenvalue weighted by molar-refractivity contribution is 5.93. The number of hydrogen-bond donors (Lipinski definition) is 0. The topological polar surface area (TPSA) is 60.9 Å². The summed E-state index contributed by atoms with van der Waals surface area (Å²) in [4.78, 5) is 21.1. The summed E-state index contributed by atoms with van der Waals surface area (Å²) in [5.74, 6) is 1.56. The SMILES string of the molecule is CON(C)C(=O)c1ccc(Oc2ccc(OCc3ccccc3)cc2C)nc1. The smallest absolute Gasteiger partial charge is 0.278 e. The molecule has 0 N–H and O–H groups in total. The molecule has 0 bridgehead atoms. The number of hydrogen-bond acceptors (Lipinski definition) is 5. The van der Waals surface area contributed by atoms with Crippen LogP contribution in [0.4, 0.5) is 0 Å². The van der Waals surface area contributed by atoms with E-state index in [1.54, 1.807) is 12.1 Å². The number of carbonyl (C=O) groups excluding carboxylic acids is 1. The number of amides is 1. The molecule has 0 saturated heterocycles. The van der Waals surface area contributed by atoms with Gasteiger partial charge in [-0.3, -0.25) is 9.63 Å². The van der Waals surface area contributed by atoms with Gasteiger partial charge in [0.2, 0.25) is 5.88 Å². The molecule has 0 radical (unpaired) electrons. The summed E-state index contributed by atoms with van der Waals surface area (Å²) in [6, 6.07) is 18.9. The van der Waals surface area contributed by atoms with Gasteiger partial charge in [-0.05, 0) is 42.3 Å². The first-order valence-corrected chi connectivity index (χ1v) is 8.80. The van der Waals surface area contributed by atoms with E-state index in [2.05, 4.69) is 4.98 Å². The fourth-order valence-corrected chi connectivity index (χ4v) is 2.51. The highest BCUT2D eigenvalue weighted by Gasteiger charge is 2.12. The monoisotopic (exact) mass is 378 g/mol. The van der Waals surface area contributed by atoms with Gasteiger partial charge in [0.1, 0.15) is 18.1 Å². The summed E-state index contributed by atoms with van der Waals surface area (Å²) in [6.45, 7) is 2.45.